The van der Waals surface area contributed by atoms with Crippen molar-refractivity contribution in [1.29, 1.82) is 0 Å². The maximum absolute atomic E-state index is 15.9. The SMILES string of the molecule is C[C@@H]1[C@@H]2OP(=O)(O)OC[C@H]3O[C@@H](n4nnc5c(=O)[nH]c(N)nc54)[C@H](F)[C@@H]3OS(=O)(=O)NC[C@H]2O[C@H]1n1cnc2c(N)ncnc21. The van der Waals surface area contributed by atoms with Crippen molar-refractivity contribution in [3.8, 4) is 0 Å². The average molecular weight is 675 g/mol. The fourth-order valence-corrected chi connectivity index (χ4v) is 7.46. The molecule has 0 bridgehead atoms. The van der Waals surface area contributed by atoms with Crippen LogP contribution in [-0.2, 0) is 37.6 Å². The summed E-state index contributed by atoms with van der Waals surface area (Å²) < 4.78 is 87.0. The molecule has 9 atom stereocenters. The van der Waals surface area contributed by atoms with Crippen molar-refractivity contribution in [2.24, 2.45) is 5.92 Å². The van der Waals surface area contributed by atoms with Crippen LogP contribution < -0.4 is 21.7 Å². The van der Waals surface area contributed by atoms with Gasteiger partial charge in [0.15, 0.2) is 35.0 Å². The van der Waals surface area contributed by atoms with Gasteiger partial charge in [-0.25, -0.2) is 28.1 Å². The highest BCUT2D eigenvalue weighted by atomic mass is 32.2. The molecule has 3 aliphatic heterocycles. The summed E-state index contributed by atoms with van der Waals surface area (Å²) in [6, 6.07) is 0. The number of nitrogens with two attached hydrogens (primary N) is 2. The van der Waals surface area contributed by atoms with Crippen LogP contribution in [0.4, 0.5) is 16.2 Å². The van der Waals surface area contributed by atoms with Gasteiger partial charge in [-0.2, -0.15) is 22.8 Å². The van der Waals surface area contributed by atoms with Gasteiger partial charge in [0.05, 0.1) is 12.9 Å². The van der Waals surface area contributed by atoms with Crippen LogP contribution in [0.1, 0.15) is 19.4 Å². The Kier molecular flexibility index (Phi) is 7.10. The summed E-state index contributed by atoms with van der Waals surface area (Å²) in [6.45, 7) is 0.229. The number of hydrogen-bond acceptors (Lipinski definition) is 17. The Morgan fingerprint density at radius 2 is 1.89 bits per heavy atom. The maximum Gasteiger partial charge on any atom is 0.472 e. The normalized spacial score (nSPS) is 35.5. The highest BCUT2D eigenvalue weighted by Gasteiger charge is 2.53. The van der Waals surface area contributed by atoms with Crippen LogP contribution in [0.2, 0.25) is 0 Å². The zero-order valence-electron chi connectivity index (χ0n) is 22.8. The highest BCUT2D eigenvalue weighted by Crippen LogP contribution is 2.51. The minimum atomic E-state index is -4.93. The predicted octanol–water partition coefficient (Wildman–Crippen LogP) is -1.98. The molecule has 0 radical (unpaired) electrons. The molecule has 3 aliphatic rings. The molecule has 4 aromatic heterocycles. The molecule has 0 aromatic carbocycles. The Morgan fingerprint density at radius 1 is 1.11 bits per heavy atom. The monoisotopic (exact) mass is 674 g/mol. The zero-order valence-corrected chi connectivity index (χ0v) is 24.5. The van der Waals surface area contributed by atoms with Crippen LogP contribution in [0.15, 0.2) is 17.4 Å². The van der Waals surface area contributed by atoms with E-state index >= 15 is 4.39 Å². The van der Waals surface area contributed by atoms with E-state index < -0.39 is 85.8 Å². The van der Waals surface area contributed by atoms with E-state index in [4.69, 9.17) is 34.2 Å². The Morgan fingerprint density at radius 3 is 2.69 bits per heavy atom. The molecule has 0 spiro atoms. The fraction of sp³-hybridized carbons (Fsp3) is 0.550. The Labute approximate surface area is 250 Å². The molecule has 7 N–H and O–H groups in total. The van der Waals surface area contributed by atoms with Crippen LogP contribution in [-0.4, -0.2) is 102 Å². The quantitative estimate of drug-likeness (QED) is 0.144. The Balaban J connectivity index is 1.17. The highest BCUT2D eigenvalue weighted by molar-refractivity contribution is 7.84. The van der Waals surface area contributed by atoms with Gasteiger partial charge in [-0.15, -0.1) is 5.10 Å². The number of rotatable bonds is 2. The van der Waals surface area contributed by atoms with Gasteiger partial charge < -0.3 is 25.8 Å². The predicted molar refractivity (Wildman–Crippen MR) is 144 cm³/mol. The van der Waals surface area contributed by atoms with E-state index in [-0.39, 0.29) is 28.4 Å². The number of H-pyrrole nitrogens is 1. The molecule has 25 heteroatoms. The number of aromatic nitrogens is 9. The second kappa shape index (κ2) is 10.7. The number of nitrogens with one attached hydrogen (secondary N) is 2. The first-order valence-electron chi connectivity index (χ1n) is 13.1. The summed E-state index contributed by atoms with van der Waals surface area (Å²) in [5.74, 6) is -0.930. The molecule has 3 saturated heterocycles. The number of aromatic amines is 1. The lowest BCUT2D eigenvalue weighted by molar-refractivity contribution is -0.0539. The fourth-order valence-electron chi connectivity index (χ4n) is 5.47. The van der Waals surface area contributed by atoms with Crippen molar-refractivity contribution < 1.29 is 45.0 Å². The first kappa shape index (κ1) is 29.9. The number of fused-ring (bicyclic) bond motifs is 4. The number of hydrogen-bond donors (Lipinski definition) is 5. The summed E-state index contributed by atoms with van der Waals surface area (Å²) in [7, 11) is -9.66. The number of imidazole rings is 1. The molecular weight excluding hydrogens is 650 g/mol. The van der Waals surface area contributed by atoms with Gasteiger partial charge in [0.2, 0.25) is 5.95 Å². The molecule has 0 saturated carbocycles. The number of halogens is 1. The zero-order chi connectivity index (χ0) is 31.8. The van der Waals surface area contributed by atoms with Crippen molar-refractivity contribution in [3.63, 3.8) is 0 Å². The standard InChI is InChI=1S/C20H24FN12O10PS/c1-6-12-7(40-18(6)32-5-26-10-14(22)24-4-25-15(10)32)2-27-45(37,38)43-13-8(3-39-44(35,36)42-12)41-19(9(13)21)33-16-11(30-31-33)17(34)29-20(23)28-16/h4-9,12-13,18-19,27H,2-3H2,1H3,(H,35,36)(H2,22,24,25)(H3,23,28,29,34)/t6-,7-,8-,9-,12+,13-,18-,19-/m1/s1. The van der Waals surface area contributed by atoms with E-state index in [1.165, 1.54) is 17.2 Å². The van der Waals surface area contributed by atoms with Crippen molar-refractivity contribution in [3.05, 3.63) is 23.0 Å². The van der Waals surface area contributed by atoms with Crippen LogP contribution in [0.3, 0.4) is 0 Å². The van der Waals surface area contributed by atoms with Crippen LogP contribution in [0.5, 0.6) is 0 Å². The van der Waals surface area contributed by atoms with Gasteiger partial charge in [-0.3, -0.25) is 23.4 Å². The van der Waals surface area contributed by atoms with Crippen LogP contribution in [0.25, 0.3) is 22.3 Å². The summed E-state index contributed by atoms with van der Waals surface area (Å²) in [5.41, 5.74) is 10.7. The summed E-state index contributed by atoms with van der Waals surface area (Å²) >= 11 is 0. The third kappa shape index (κ3) is 5.22. The molecule has 45 heavy (non-hydrogen) atoms. The van der Waals surface area contributed by atoms with Crippen molar-refractivity contribution in [2.75, 3.05) is 24.6 Å². The van der Waals surface area contributed by atoms with E-state index in [9.17, 15) is 22.7 Å². The Hall–Kier alpha value is -3.74. The lowest BCUT2D eigenvalue weighted by Gasteiger charge is -2.26. The molecule has 242 valence electrons. The van der Waals surface area contributed by atoms with Gasteiger partial charge in [0.1, 0.15) is 42.5 Å². The largest absolute Gasteiger partial charge is 0.472 e. The first-order valence-corrected chi connectivity index (χ1v) is 16.0. The van der Waals surface area contributed by atoms with Crippen molar-refractivity contribution in [1.82, 2.24) is 49.2 Å². The van der Waals surface area contributed by atoms with E-state index in [2.05, 4.69) is 40.0 Å². The van der Waals surface area contributed by atoms with E-state index in [0.717, 1.165) is 4.68 Å². The molecule has 3 fully saturated rings. The van der Waals surface area contributed by atoms with E-state index in [1.54, 1.807) is 6.92 Å². The van der Waals surface area contributed by atoms with Crippen LogP contribution in [0, 0.1) is 5.92 Å². The third-order valence-electron chi connectivity index (χ3n) is 7.53. The van der Waals surface area contributed by atoms with Gasteiger partial charge in [-0.05, 0) is 0 Å². The maximum atomic E-state index is 15.9. The van der Waals surface area contributed by atoms with Crippen molar-refractivity contribution in [2.45, 2.75) is 50.0 Å². The topological polar surface area (TPSA) is 302 Å². The smallest absolute Gasteiger partial charge is 0.382 e. The molecule has 4 aromatic rings. The molecule has 22 nitrogen and oxygen atoms in total. The summed E-state index contributed by atoms with van der Waals surface area (Å²) in [5, 5.41) is 7.35. The first-order chi connectivity index (χ1) is 21.3. The minimum Gasteiger partial charge on any atom is -0.382 e. The molecule has 7 rings (SSSR count). The van der Waals surface area contributed by atoms with E-state index in [1.807, 2.05) is 0 Å². The average Bonchev–Trinajstić information content (AvgIpc) is 3.72. The number of nitrogens with zero attached hydrogens (tertiary/aromatic N) is 8. The van der Waals surface area contributed by atoms with Gasteiger partial charge in [0.25, 0.3) is 5.56 Å². The number of anilines is 2. The summed E-state index contributed by atoms with van der Waals surface area (Å²) in [6.07, 6.45) is -8.31. The van der Waals surface area contributed by atoms with Gasteiger partial charge in [0, 0.05) is 12.5 Å². The molecule has 0 aliphatic carbocycles. The number of alkyl halides is 1. The third-order valence-corrected chi connectivity index (χ3v) is 9.51. The number of phosphoric acid groups is 1. The molecule has 7 heterocycles. The Bertz CT molecular complexity index is 2010. The van der Waals surface area contributed by atoms with Crippen LogP contribution >= 0.6 is 7.82 Å². The lowest BCUT2D eigenvalue weighted by atomic mass is 10.0. The molecular formula is C20H24FN12O10PS. The number of ether oxygens (including phenoxy) is 2. The van der Waals surface area contributed by atoms with Crippen molar-refractivity contribution >= 4 is 52.2 Å². The van der Waals surface area contributed by atoms with E-state index in [0.29, 0.717) is 5.65 Å². The second-order valence-corrected chi connectivity index (χ2v) is 13.2. The minimum absolute atomic E-state index is 0.109. The second-order valence-electron chi connectivity index (χ2n) is 10.4. The van der Waals surface area contributed by atoms with Gasteiger partial charge >= 0.3 is 18.1 Å². The number of phosphoric ester groups is 1. The van der Waals surface area contributed by atoms with Gasteiger partial charge in [-0.1, -0.05) is 12.1 Å². The molecule has 1 unspecified atom stereocenters. The lowest BCUT2D eigenvalue weighted by Crippen LogP contribution is -2.44. The number of nitrogen functional groups attached to an aromatic ring is 2. The molecule has 0 amide bonds. The summed E-state index contributed by atoms with van der Waals surface area (Å²) in [4.78, 5) is 41.2.